The summed E-state index contributed by atoms with van der Waals surface area (Å²) >= 11 is 5.85. The van der Waals surface area contributed by atoms with E-state index in [1.54, 1.807) is 29.2 Å². The minimum atomic E-state index is 0. The molecule has 132 valence electrons. The highest BCUT2D eigenvalue weighted by Gasteiger charge is 2.27. The number of nitrogens with zero attached hydrogens (tertiary/aromatic N) is 2. The third-order valence-corrected chi connectivity index (χ3v) is 4.85. The molecule has 0 aliphatic carbocycles. The van der Waals surface area contributed by atoms with E-state index in [4.69, 9.17) is 11.6 Å². The summed E-state index contributed by atoms with van der Waals surface area (Å²) in [6, 6.07) is 7.27. The monoisotopic (exact) mass is 371 g/mol. The quantitative estimate of drug-likeness (QED) is 0.885. The molecule has 0 saturated carbocycles. The number of amides is 2. The molecule has 1 unspecified atom stereocenters. The lowest BCUT2D eigenvalue weighted by Crippen LogP contribution is -2.51. The highest BCUT2D eigenvalue weighted by molar-refractivity contribution is 6.30. The van der Waals surface area contributed by atoms with Gasteiger partial charge in [0, 0.05) is 49.2 Å². The van der Waals surface area contributed by atoms with Gasteiger partial charge in [-0.25, -0.2) is 0 Å². The summed E-state index contributed by atoms with van der Waals surface area (Å²) in [6.45, 7) is 3.42. The van der Waals surface area contributed by atoms with E-state index in [0.717, 1.165) is 19.4 Å². The molecular weight excluding hydrogens is 349 g/mol. The number of halogens is 2. The van der Waals surface area contributed by atoms with E-state index < -0.39 is 0 Å². The van der Waals surface area contributed by atoms with Gasteiger partial charge in [0.1, 0.15) is 0 Å². The first-order valence-electron chi connectivity index (χ1n) is 8.19. The molecule has 2 fully saturated rings. The largest absolute Gasteiger partial charge is 0.339 e. The van der Waals surface area contributed by atoms with Gasteiger partial charge in [0.15, 0.2) is 0 Å². The lowest BCUT2D eigenvalue weighted by molar-refractivity contribution is -0.133. The first-order chi connectivity index (χ1) is 11.1. The fourth-order valence-corrected chi connectivity index (χ4v) is 3.33. The van der Waals surface area contributed by atoms with Crippen molar-refractivity contribution < 1.29 is 9.59 Å². The molecule has 7 heteroatoms. The van der Waals surface area contributed by atoms with Crippen LogP contribution in [0, 0.1) is 0 Å². The zero-order valence-electron chi connectivity index (χ0n) is 13.5. The molecular formula is C17H23Cl2N3O2. The number of benzene rings is 1. The number of hydrogen-bond donors (Lipinski definition) is 1. The van der Waals surface area contributed by atoms with Crippen molar-refractivity contribution in [2.24, 2.45) is 0 Å². The standard InChI is InChI=1S/C17H22ClN3O2.ClH/c18-14-5-3-13(4-6-14)17(23)21-10-8-20(9-11-21)16(22)12-15-2-1-7-19-15;/h3-6,15,19H,1-2,7-12H2;1H. The van der Waals surface area contributed by atoms with Crippen LogP contribution in [0.4, 0.5) is 0 Å². The van der Waals surface area contributed by atoms with Crippen LogP contribution < -0.4 is 5.32 Å². The minimum Gasteiger partial charge on any atom is -0.339 e. The molecule has 0 radical (unpaired) electrons. The number of rotatable bonds is 3. The Balaban J connectivity index is 0.00000208. The normalized spacial score (nSPS) is 20.6. The van der Waals surface area contributed by atoms with E-state index in [-0.39, 0.29) is 24.2 Å². The summed E-state index contributed by atoms with van der Waals surface area (Å²) in [5.74, 6) is 0.203. The Kier molecular flexibility index (Phi) is 6.90. The lowest BCUT2D eigenvalue weighted by Gasteiger charge is -2.35. The molecule has 2 aliphatic heterocycles. The topological polar surface area (TPSA) is 52.7 Å². The van der Waals surface area contributed by atoms with Crippen LogP contribution in [-0.2, 0) is 4.79 Å². The van der Waals surface area contributed by atoms with E-state index in [2.05, 4.69) is 5.32 Å². The van der Waals surface area contributed by atoms with E-state index in [1.165, 1.54) is 0 Å². The van der Waals surface area contributed by atoms with Crippen molar-refractivity contribution in [3.8, 4) is 0 Å². The lowest BCUT2D eigenvalue weighted by atomic mass is 10.1. The second-order valence-corrected chi connectivity index (χ2v) is 6.61. The van der Waals surface area contributed by atoms with Crippen LogP contribution in [0.2, 0.25) is 5.02 Å². The fourth-order valence-electron chi connectivity index (χ4n) is 3.20. The second-order valence-electron chi connectivity index (χ2n) is 6.18. The third-order valence-electron chi connectivity index (χ3n) is 4.59. The molecule has 0 bridgehead atoms. The van der Waals surface area contributed by atoms with Crippen LogP contribution in [0.25, 0.3) is 0 Å². The number of carbonyl (C=O) groups is 2. The van der Waals surface area contributed by atoms with Gasteiger partial charge in [0.05, 0.1) is 0 Å². The Bertz CT molecular complexity index is 566. The second kappa shape index (κ2) is 8.70. The van der Waals surface area contributed by atoms with Crippen LogP contribution in [0.15, 0.2) is 24.3 Å². The first kappa shape index (κ1) is 19.0. The molecule has 0 spiro atoms. The van der Waals surface area contributed by atoms with Gasteiger partial charge in [-0.05, 0) is 43.7 Å². The number of carbonyl (C=O) groups excluding carboxylic acids is 2. The predicted molar refractivity (Wildman–Crippen MR) is 96.8 cm³/mol. The fraction of sp³-hybridized carbons (Fsp3) is 0.529. The Morgan fingerprint density at radius 2 is 1.71 bits per heavy atom. The van der Waals surface area contributed by atoms with Crippen molar-refractivity contribution in [2.45, 2.75) is 25.3 Å². The zero-order chi connectivity index (χ0) is 16.2. The van der Waals surface area contributed by atoms with Crippen LogP contribution in [0.5, 0.6) is 0 Å². The highest BCUT2D eigenvalue weighted by atomic mass is 35.5. The highest BCUT2D eigenvalue weighted by Crippen LogP contribution is 2.15. The molecule has 3 rings (SSSR count). The zero-order valence-corrected chi connectivity index (χ0v) is 15.1. The van der Waals surface area contributed by atoms with Gasteiger partial charge in [-0.1, -0.05) is 11.6 Å². The van der Waals surface area contributed by atoms with Crippen LogP contribution in [0.3, 0.4) is 0 Å². The molecule has 24 heavy (non-hydrogen) atoms. The molecule has 2 aliphatic rings. The van der Waals surface area contributed by atoms with Gasteiger partial charge >= 0.3 is 0 Å². The molecule has 1 aromatic rings. The van der Waals surface area contributed by atoms with Crippen LogP contribution in [-0.4, -0.2) is 60.4 Å². The van der Waals surface area contributed by atoms with Crippen molar-refractivity contribution in [3.63, 3.8) is 0 Å². The Hall–Kier alpha value is -1.30. The summed E-state index contributed by atoms with van der Waals surface area (Å²) < 4.78 is 0. The van der Waals surface area contributed by atoms with E-state index in [1.807, 2.05) is 4.90 Å². The Labute approximate surface area is 153 Å². The van der Waals surface area contributed by atoms with Gasteiger partial charge in [-0.15, -0.1) is 12.4 Å². The summed E-state index contributed by atoms with van der Waals surface area (Å²) in [4.78, 5) is 28.4. The number of hydrogen-bond acceptors (Lipinski definition) is 3. The van der Waals surface area contributed by atoms with Crippen molar-refractivity contribution >= 4 is 35.8 Å². The van der Waals surface area contributed by atoms with Crippen molar-refractivity contribution in [1.82, 2.24) is 15.1 Å². The van der Waals surface area contributed by atoms with Gasteiger partial charge in [0.25, 0.3) is 5.91 Å². The van der Waals surface area contributed by atoms with Crippen LogP contribution in [0.1, 0.15) is 29.6 Å². The molecule has 5 nitrogen and oxygen atoms in total. The number of nitrogens with one attached hydrogen (secondary N) is 1. The molecule has 1 aromatic carbocycles. The first-order valence-corrected chi connectivity index (χ1v) is 8.57. The number of piperazine rings is 1. The molecule has 1 atom stereocenters. The minimum absolute atomic E-state index is 0. The molecule has 1 N–H and O–H groups in total. The average molecular weight is 372 g/mol. The van der Waals surface area contributed by atoms with Gasteiger partial charge in [-0.3, -0.25) is 9.59 Å². The van der Waals surface area contributed by atoms with Gasteiger partial charge in [0.2, 0.25) is 5.91 Å². The Morgan fingerprint density at radius 1 is 1.08 bits per heavy atom. The van der Waals surface area contributed by atoms with Gasteiger partial charge in [-0.2, -0.15) is 0 Å². The van der Waals surface area contributed by atoms with E-state index >= 15 is 0 Å². The van der Waals surface area contributed by atoms with Crippen molar-refractivity contribution in [3.05, 3.63) is 34.9 Å². The summed E-state index contributed by atoms with van der Waals surface area (Å²) in [6.07, 6.45) is 2.81. The maximum Gasteiger partial charge on any atom is 0.253 e. The molecule has 2 saturated heterocycles. The molecule has 0 aromatic heterocycles. The maximum absolute atomic E-state index is 12.4. The third kappa shape index (κ3) is 4.62. The van der Waals surface area contributed by atoms with Crippen LogP contribution >= 0.6 is 24.0 Å². The molecule has 2 heterocycles. The Morgan fingerprint density at radius 3 is 2.29 bits per heavy atom. The summed E-state index contributed by atoms with van der Waals surface area (Å²) in [7, 11) is 0. The maximum atomic E-state index is 12.4. The summed E-state index contributed by atoms with van der Waals surface area (Å²) in [5, 5.41) is 3.98. The van der Waals surface area contributed by atoms with E-state index in [9.17, 15) is 9.59 Å². The van der Waals surface area contributed by atoms with Crippen molar-refractivity contribution in [2.75, 3.05) is 32.7 Å². The average Bonchev–Trinajstić information content (AvgIpc) is 3.08. The predicted octanol–water partition coefficient (Wildman–Crippen LogP) is 2.19. The summed E-state index contributed by atoms with van der Waals surface area (Å²) in [5.41, 5.74) is 0.643. The SMILES string of the molecule is Cl.O=C(CC1CCCN1)N1CCN(C(=O)c2ccc(Cl)cc2)CC1. The van der Waals surface area contributed by atoms with E-state index in [0.29, 0.717) is 49.2 Å². The molecule has 2 amide bonds. The smallest absolute Gasteiger partial charge is 0.253 e. The van der Waals surface area contributed by atoms with Gasteiger partial charge < -0.3 is 15.1 Å². The van der Waals surface area contributed by atoms with Crippen molar-refractivity contribution in [1.29, 1.82) is 0 Å².